The molecule has 1 aliphatic rings. The van der Waals surface area contributed by atoms with E-state index < -0.39 is 0 Å². The van der Waals surface area contributed by atoms with Crippen LogP contribution in [-0.2, 0) is 11.8 Å². The van der Waals surface area contributed by atoms with Gasteiger partial charge in [-0.1, -0.05) is 66.7 Å². The number of hydrazone groups is 1. The Labute approximate surface area is 175 Å². The second-order valence-corrected chi connectivity index (χ2v) is 7.40. The summed E-state index contributed by atoms with van der Waals surface area (Å²) < 4.78 is 2.19. The van der Waals surface area contributed by atoms with Crippen molar-refractivity contribution >= 4 is 34.3 Å². The third-order valence-corrected chi connectivity index (χ3v) is 5.55. The Morgan fingerprint density at radius 3 is 2.20 bits per heavy atom. The minimum Gasteiger partial charge on any atom is -0.343 e. The van der Waals surface area contributed by atoms with E-state index in [1.165, 1.54) is 5.01 Å². The summed E-state index contributed by atoms with van der Waals surface area (Å²) in [7, 11) is 2.07. The summed E-state index contributed by atoms with van der Waals surface area (Å²) in [6, 6.07) is 28.1. The maximum Gasteiger partial charge on any atom is 0.280 e. The first kappa shape index (κ1) is 18.1. The summed E-state index contributed by atoms with van der Waals surface area (Å²) in [5.41, 5.74) is 6.47. The van der Waals surface area contributed by atoms with Crippen molar-refractivity contribution < 1.29 is 4.79 Å². The Kier molecular flexibility index (Phi) is 4.32. The van der Waals surface area contributed by atoms with Crippen molar-refractivity contribution in [2.24, 2.45) is 12.1 Å². The molecule has 5 rings (SSSR count). The number of benzene rings is 3. The molecule has 0 saturated carbocycles. The van der Waals surface area contributed by atoms with E-state index in [-0.39, 0.29) is 5.91 Å². The van der Waals surface area contributed by atoms with E-state index in [4.69, 9.17) is 0 Å². The zero-order chi connectivity index (χ0) is 20.7. The van der Waals surface area contributed by atoms with Crippen LogP contribution in [0.2, 0.25) is 0 Å². The average molecular weight is 391 g/mol. The minimum absolute atomic E-state index is 0.106. The third-order valence-electron chi connectivity index (χ3n) is 5.55. The second kappa shape index (κ2) is 7.16. The van der Waals surface area contributed by atoms with Gasteiger partial charge in [0, 0.05) is 23.5 Å². The fraction of sp³-hybridized carbons (Fsp3) is 0.0769. The van der Waals surface area contributed by atoms with Crippen molar-refractivity contribution in [3.05, 3.63) is 96.1 Å². The van der Waals surface area contributed by atoms with Gasteiger partial charge in [0.05, 0.1) is 22.7 Å². The first-order valence-corrected chi connectivity index (χ1v) is 9.95. The maximum absolute atomic E-state index is 13.2. The molecule has 0 radical (unpaired) electrons. The average Bonchev–Trinajstić information content (AvgIpc) is 3.23. The van der Waals surface area contributed by atoms with E-state index in [0.29, 0.717) is 5.57 Å². The molecule has 4 aromatic rings. The van der Waals surface area contributed by atoms with E-state index in [2.05, 4.69) is 41.0 Å². The lowest BCUT2D eigenvalue weighted by Gasteiger charge is -2.11. The molecule has 30 heavy (non-hydrogen) atoms. The summed E-state index contributed by atoms with van der Waals surface area (Å²) in [6.07, 6.45) is 1.99. The Balaban J connectivity index is 1.70. The fourth-order valence-corrected chi connectivity index (χ4v) is 4.09. The monoisotopic (exact) mass is 391 g/mol. The number of aromatic nitrogens is 1. The molecule has 0 bridgehead atoms. The molecule has 0 fully saturated rings. The summed E-state index contributed by atoms with van der Waals surface area (Å²) >= 11 is 0. The van der Waals surface area contributed by atoms with Crippen molar-refractivity contribution in [1.29, 1.82) is 0 Å². The van der Waals surface area contributed by atoms with Crippen LogP contribution in [0, 0.1) is 0 Å². The molecule has 1 aliphatic heterocycles. The van der Waals surface area contributed by atoms with Gasteiger partial charge in [-0.2, -0.15) is 10.1 Å². The van der Waals surface area contributed by atoms with Gasteiger partial charge in [-0.3, -0.25) is 4.79 Å². The summed E-state index contributed by atoms with van der Waals surface area (Å²) in [5, 5.41) is 7.13. The second-order valence-electron chi connectivity index (χ2n) is 7.40. The van der Waals surface area contributed by atoms with Gasteiger partial charge < -0.3 is 4.57 Å². The standard InChI is InChI=1S/C26H21N3O/c1-18-22(26(30)29(27-18)20-13-7-4-8-14-20)17-23-21-15-9-10-16-24(21)28(2)25(23)19-11-5-3-6-12-19/h3-17H,1-2H3/b22-17-. The van der Waals surface area contributed by atoms with E-state index in [0.717, 1.165) is 39.1 Å². The van der Waals surface area contributed by atoms with Crippen molar-refractivity contribution in [2.75, 3.05) is 5.01 Å². The molecule has 0 atom stereocenters. The SMILES string of the molecule is CC1=NN(c2ccccc2)C(=O)/C1=C\c1c(-c2ccccc2)n(C)c2ccccc12. The lowest BCUT2D eigenvalue weighted by atomic mass is 10.0. The van der Waals surface area contributed by atoms with Crippen molar-refractivity contribution in [2.45, 2.75) is 6.92 Å². The predicted molar refractivity (Wildman–Crippen MR) is 123 cm³/mol. The van der Waals surface area contributed by atoms with Gasteiger partial charge in [0.25, 0.3) is 5.91 Å². The van der Waals surface area contributed by atoms with Gasteiger partial charge in [-0.05, 0) is 36.8 Å². The predicted octanol–water partition coefficient (Wildman–Crippen LogP) is 5.65. The molecule has 0 aliphatic carbocycles. The molecule has 1 aromatic heterocycles. The molecular formula is C26H21N3O. The Bertz CT molecular complexity index is 1310. The van der Waals surface area contributed by atoms with Crippen LogP contribution < -0.4 is 5.01 Å². The van der Waals surface area contributed by atoms with Crippen LogP contribution in [0.5, 0.6) is 0 Å². The molecule has 1 amide bonds. The third kappa shape index (κ3) is 2.85. The quantitative estimate of drug-likeness (QED) is 0.416. The van der Waals surface area contributed by atoms with E-state index in [1.807, 2.05) is 73.7 Å². The van der Waals surface area contributed by atoms with Gasteiger partial charge >= 0.3 is 0 Å². The van der Waals surface area contributed by atoms with E-state index >= 15 is 0 Å². The van der Waals surface area contributed by atoms with Crippen molar-refractivity contribution in [3.8, 4) is 11.3 Å². The van der Waals surface area contributed by atoms with E-state index in [9.17, 15) is 4.79 Å². The molecule has 3 aromatic carbocycles. The number of anilines is 1. The molecule has 4 nitrogen and oxygen atoms in total. The number of amides is 1. The zero-order valence-corrected chi connectivity index (χ0v) is 16.9. The van der Waals surface area contributed by atoms with E-state index in [1.54, 1.807) is 0 Å². The largest absolute Gasteiger partial charge is 0.343 e. The maximum atomic E-state index is 13.2. The minimum atomic E-state index is -0.106. The van der Waals surface area contributed by atoms with Crippen LogP contribution in [0.4, 0.5) is 5.69 Å². The summed E-state index contributed by atoms with van der Waals surface area (Å²) in [5.74, 6) is -0.106. The number of nitrogens with zero attached hydrogens (tertiary/aromatic N) is 3. The van der Waals surface area contributed by atoms with Gasteiger partial charge in [0.15, 0.2) is 0 Å². The van der Waals surface area contributed by atoms with Crippen LogP contribution >= 0.6 is 0 Å². The van der Waals surface area contributed by atoms with Crippen LogP contribution in [0.3, 0.4) is 0 Å². The van der Waals surface area contributed by atoms with Gasteiger partial charge in [-0.15, -0.1) is 0 Å². The molecule has 0 unspecified atom stereocenters. The van der Waals surface area contributed by atoms with Gasteiger partial charge in [0.2, 0.25) is 0 Å². The van der Waals surface area contributed by atoms with Crippen LogP contribution in [-0.4, -0.2) is 16.2 Å². The smallest absolute Gasteiger partial charge is 0.280 e. The highest BCUT2D eigenvalue weighted by atomic mass is 16.2. The van der Waals surface area contributed by atoms with Crippen LogP contribution in [0.1, 0.15) is 12.5 Å². The van der Waals surface area contributed by atoms with Crippen molar-refractivity contribution in [3.63, 3.8) is 0 Å². The van der Waals surface area contributed by atoms with Crippen LogP contribution in [0.15, 0.2) is 95.6 Å². The molecular weight excluding hydrogens is 370 g/mol. The topological polar surface area (TPSA) is 37.6 Å². The number of aryl methyl sites for hydroxylation is 1. The number of hydrogen-bond acceptors (Lipinski definition) is 2. The molecule has 146 valence electrons. The number of fused-ring (bicyclic) bond motifs is 1. The Morgan fingerprint density at radius 1 is 0.833 bits per heavy atom. The van der Waals surface area contributed by atoms with Gasteiger partial charge in [-0.25, -0.2) is 0 Å². The zero-order valence-electron chi connectivity index (χ0n) is 16.9. The molecule has 0 spiro atoms. The van der Waals surface area contributed by atoms with Crippen LogP contribution in [0.25, 0.3) is 28.2 Å². The highest BCUT2D eigenvalue weighted by Gasteiger charge is 2.29. The molecule has 0 N–H and O–H groups in total. The summed E-state index contributed by atoms with van der Waals surface area (Å²) in [6.45, 7) is 1.89. The normalized spacial score (nSPS) is 15.3. The van der Waals surface area contributed by atoms with Gasteiger partial charge in [0.1, 0.15) is 0 Å². The molecule has 4 heteroatoms. The number of carbonyl (C=O) groups excluding carboxylic acids is 1. The highest BCUT2D eigenvalue weighted by molar-refractivity contribution is 6.32. The lowest BCUT2D eigenvalue weighted by molar-refractivity contribution is -0.114. The Morgan fingerprint density at radius 2 is 1.47 bits per heavy atom. The number of carbonyl (C=O) groups is 1. The molecule has 2 heterocycles. The highest BCUT2D eigenvalue weighted by Crippen LogP contribution is 2.36. The Hall–Kier alpha value is -3.92. The fourth-order valence-electron chi connectivity index (χ4n) is 4.09. The van der Waals surface area contributed by atoms with Crippen molar-refractivity contribution in [1.82, 2.24) is 4.57 Å². The number of hydrogen-bond donors (Lipinski definition) is 0. The summed E-state index contributed by atoms with van der Waals surface area (Å²) in [4.78, 5) is 13.2. The first-order valence-electron chi connectivity index (χ1n) is 9.95. The number of rotatable bonds is 3. The lowest BCUT2D eigenvalue weighted by Crippen LogP contribution is -2.21. The first-order chi connectivity index (χ1) is 14.6. The molecule has 0 saturated heterocycles. The number of para-hydroxylation sites is 2.